The first-order valence-corrected chi connectivity index (χ1v) is 6.42. The molecule has 1 saturated heterocycles. The number of halogens is 3. The van der Waals surface area contributed by atoms with Gasteiger partial charge in [0.1, 0.15) is 0 Å². The van der Waals surface area contributed by atoms with Crippen LogP contribution in [0.5, 0.6) is 0 Å². The number of ether oxygens (including phenoxy) is 1. The van der Waals surface area contributed by atoms with Gasteiger partial charge in [0.2, 0.25) is 0 Å². The van der Waals surface area contributed by atoms with Crippen molar-refractivity contribution in [3.8, 4) is 0 Å². The number of morpholine rings is 1. The number of hydrogen-bond acceptors (Lipinski definition) is 2. The van der Waals surface area contributed by atoms with Gasteiger partial charge in [-0.3, -0.25) is 0 Å². The average molecular weight is 251 g/mol. The lowest BCUT2D eigenvalue weighted by Gasteiger charge is -2.49. The maximum Gasteiger partial charge on any atom is 0.391 e. The lowest BCUT2D eigenvalue weighted by Crippen LogP contribution is -2.60. The van der Waals surface area contributed by atoms with E-state index in [1.807, 2.05) is 6.92 Å². The fourth-order valence-corrected chi connectivity index (χ4v) is 3.29. The van der Waals surface area contributed by atoms with Crippen molar-refractivity contribution in [3.05, 3.63) is 0 Å². The lowest BCUT2D eigenvalue weighted by atomic mass is 9.72. The van der Waals surface area contributed by atoms with E-state index in [0.717, 1.165) is 19.4 Å². The van der Waals surface area contributed by atoms with Crippen LogP contribution in [0.15, 0.2) is 0 Å². The number of nitrogens with one attached hydrogen (secondary N) is 1. The first-order valence-electron chi connectivity index (χ1n) is 6.42. The number of rotatable bonds is 1. The molecule has 2 rings (SSSR count). The molecule has 2 nitrogen and oxygen atoms in total. The molecule has 0 aromatic heterocycles. The first kappa shape index (κ1) is 13.1. The van der Waals surface area contributed by atoms with Crippen molar-refractivity contribution in [2.24, 2.45) is 5.92 Å². The van der Waals surface area contributed by atoms with Gasteiger partial charge >= 0.3 is 6.18 Å². The Morgan fingerprint density at radius 1 is 1.41 bits per heavy atom. The van der Waals surface area contributed by atoms with Crippen LogP contribution in [0.3, 0.4) is 0 Å². The van der Waals surface area contributed by atoms with E-state index >= 15 is 0 Å². The first-order chi connectivity index (χ1) is 7.98. The molecule has 17 heavy (non-hydrogen) atoms. The molecule has 100 valence electrons. The zero-order valence-electron chi connectivity index (χ0n) is 10.1. The fourth-order valence-electron chi connectivity index (χ4n) is 3.29. The van der Waals surface area contributed by atoms with Crippen LogP contribution < -0.4 is 5.32 Å². The molecule has 1 saturated carbocycles. The van der Waals surface area contributed by atoms with Gasteiger partial charge < -0.3 is 10.1 Å². The van der Waals surface area contributed by atoms with Gasteiger partial charge in [0.05, 0.1) is 18.1 Å². The molecule has 1 heterocycles. The Bertz CT molecular complexity index is 265. The lowest BCUT2D eigenvalue weighted by molar-refractivity contribution is -0.216. The molecule has 0 amide bonds. The molecule has 3 atom stereocenters. The molecule has 0 bridgehead atoms. The Morgan fingerprint density at radius 3 is 2.82 bits per heavy atom. The fraction of sp³-hybridized carbons (Fsp3) is 1.00. The quantitative estimate of drug-likeness (QED) is 0.773. The summed E-state index contributed by atoms with van der Waals surface area (Å²) in [6, 6.07) is 0.0707. The van der Waals surface area contributed by atoms with Gasteiger partial charge in [0.25, 0.3) is 0 Å². The second-order valence-electron chi connectivity index (χ2n) is 5.16. The Hall–Kier alpha value is -0.290. The van der Waals surface area contributed by atoms with Crippen molar-refractivity contribution in [2.75, 3.05) is 13.2 Å². The van der Waals surface area contributed by atoms with Crippen molar-refractivity contribution >= 4 is 0 Å². The van der Waals surface area contributed by atoms with Crippen LogP contribution in [0.4, 0.5) is 13.2 Å². The Balaban J connectivity index is 2.13. The molecular formula is C12H20F3NO. The predicted molar refractivity (Wildman–Crippen MR) is 58.8 cm³/mol. The van der Waals surface area contributed by atoms with Crippen molar-refractivity contribution in [3.63, 3.8) is 0 Å². The van der Waals surface area contributed by atoms with Crippen molar-refractivity contribution < 1.29 is 17.9 Å². The van der Waals surface area contributed by atoms with Gasteiger partial charge in [0, 0.05) is 12.6 Å². The molecule has 1 N–H and O–H groups in total. The third kappa shape index (κ3) is 2.60. The summed E-state index contributed by atoms with van der Waals surface area (Å²) >= 11 is 0. The average Bonchev–Trinajstić information content (AvgIpc) is 2.29. The zero-order chi connectivity index (χ0) is 12.5. The van der Waals surface area contributed by atoms with E-state index in [-0.39, 0.29) is 18.9 Å². The van der Waals surface area contributed by atoms with Crippen LogP contribution in [0.1, 0.15) is 39.0 Å². The molecule has 0 aromatic carbocycles. The highest BCUT2D eigenvalue weighted by Gasteiger charge is 2.51. The molecule has 1 aliphatic heterocycles. The summed E-state index contributed by atoms with van der Waals surface area (Å²) in [5, 5.41) is 3.31. The zero-order valence-corrected chi connectivity index (χ0v) is 10.1. The third-order valence-electron chi connectivity index (χ3n) is 4.13. The summed E-state index contributed by atoms with van der Waals surface area (Å²) in [5.41, 5.74) is -0.578. The van der Waals surface area contributed by atoms with Crippen molar-refractivity contribution in [2.45, 2.75) is 56.8 Å². The summed E-state index contributed by atoms with van der Waals surface area (Å²) in [5.74, 6) is -1.19. The Kier molecular flexibility index (Phi) is 3.69. The van der Waals surface area contributed by atoms with Crippen LogP contribution in [0, 0.1) is 5.92 Å². The van der Waals surface area contributed by atoms with Crippen molar-refractivity contribution in [1.29, 1.82) is 0 Å². The van der Waals surface area contributed by atoms with Gasteiger partial charge in [-0.15, -0.1) is 0 Å². The Labute approximate surface area is 99.9 Å². The molecule has 2 fully saturated rings. The molecule has 3 unspecified atom stereocenters. The second-order valence-corrected chi connectivity index (χ2v) is 5.16. The highest BCUT2D eigenvalue weighted by atomic mass is 19.4. The largest absolute Gasteiger partial charge is 0.391 e. The minimum Gasteiger partial charge on any atom is -0.372 e. The van der Waals surface area contributed by atoms with E-state index in [0.29, 0.717) is 13.0 Å². The van der Waals surface area contributed by atoms with E-state index in [2.05, 4.69) is 5.32 Å². The topological polar surface area (TPSA) is 21.3 Å². The summed E-state index contributed by atoms with van der Waals surface area (Å²) in [6.07, 6.45) is -1.50. The molecule has 0 radical (unpaired) electrons. The van der Waals surface area contributed by atoms with Crippen molar-refractivity contribution in [1.82, 2.24) is 5.32 Å². The predicted octanol–water partition coefficient (Wildman–Crippen LogP) is 2.88. The molecular weight excluding hydrogens is 231 g/mol. The summed E-state index contributed by atoms with van der Waals surface area (Å²) in [7, 11) is 0. The van der Waals surface area contributed by atoms with Crippen LogP contribution in [-0.2, 0) is 4.74 Å². The van der Waals surface area contributed by atoms with Gasteiger partial charge in [-0.1, -0.05) is 6.92 Å². The monoisotopic (exact) mass is 251 g/mol. The van der Waals surface area contributed by atoms with Crippen LogP contribution in [0.25, 0.3) is 0 Å². The van der Waals surface area contributed by atoms with Crippen LogP contribution in [0.2, 0.25) is 0 Å². The maximum atomic E-state index is 12.8. The highest BCUT2D eigenvalue weighted by Crippen LogP contribution is 2.45. The number of alkyl halides is 3. The molecule has 5 heteroatoms. The highest BCUT2D eigenvalue weighted by molar-refractivity contribution is 5.00. The molecule has 1 spiro atoms. The van der Waals surface area contributed by atoms with Gasteiger partial charge in [-0.2, -0.15) is 13.2 Å². The summed E-state index contributed by atoms with van der Waals surface area (Å²) in [4.78, 5) is 0. The van der Waals surface area contributed by atoms with E-state index in [1.165, 1.54) is 0 Å². The normalized spacial score (nSPS) is 39.5. The van der Waals surface area contributed by atoms with Crippen LogP contribution in [-0.4, -0.2) is 31.0 Å². The molecule has 2 aliphatic rings. The minimum absolute atomic E-state index is 0.0707. The summed E-state index contributed by atoms with van der Waals surface area (Å²) in [6.45, 7) is 3.28. The molecule has 0 aromatic rings. The smallest absolute Gasteiger partial charge is 0.372 e. The van der Waals surface area contributed by atoms with Gasteiger partial charge in [-0.05, 0) is 32.1 Å². The maximum absolute atomic E-state index is 12.8. The number of hydrogen-bond donors (Lipinski definition) is 1. The van der Waals surface area contributed by atoms with Gasteiger partial charge in [0.15, 0.2) is 0 Å². The SMILES string of the molecule is CCC1NCCOC12CCCC(C(F)(F)F)C2. The van der Waals surface area contributed by atoms with E-state index in [4.69, 9.17) is 4.74 Å². The second kappa shape index (κ2) is 4.76. The Morgan fingerprint density at radius 2 is 2.18 bits per heavy atom. The minimum atomic E-state index is -4.08. The summed E-state index contributed by atoms with van der Waals surface area (Å²) < 4.78 is 44.3. The van der Waals surface area contributed by atoms with E-state index in [9.17, 15) is 13.2 Å². The molecule has 1 aliphatic carbocycles. The van der Waals surface area contributed by atoms with E-state index in [1.54, 1.807) is 0 Å². The van der Waals surface area contributed by atoms with E-state index < -0.39 is 17.7 Å². The van der Waals surface area contributed by atoms with Crippen LogP contribution >= 0.6 is 0 Å². The van der Waals surface area contributed by atoms with Gasteiger partial charge in [-0.25, -0.2) is 0 Å². The standard InChI is InChI=1S/C12H20F3NO/c1-2-10-11(17-7-6-16-10)5-3-4-9(8-11)12(13,14)15/h9-10,16H,2-8H2,1H3. The third-order valence-corrected chi connectivity index (χ3v) is 4.13.